The Morgan fingerprint density at radius 1 is 0.941 bits per heavy atom. The molecule has 0 saturated carbocycles. The van der Waals surface area contributed by atoms with Crippen LogP contribution in [-0.2, 0) is 0 Å². The van der Waals surface area contributed by atoms with E-state index in [9.17, 15) is 0 Å². The van der Waals surface area contributed by atoms with E-state index in [2.05, 4.69) is 21.0 Å². The molecule has 0 unspecified atom stereocenters. The van der Waals surface area contributed by atoms with Crippen LogP contribution in [0, 0.1) is 6.92 Å². The molecular formula is C14H11N3. The van der Waals surface area contributed by atoms with E-state index in [0.29, 0.717) is 0 Å². The van der Waals surface area contributed by atoms with Gasteiger partial charge in [-0.15, -0.1) is 0 Å². The zero-order valence-corrected chi connectivity index (χ0v) is 9.46. The molecule has 82 valence electrons. The maximum Gasteiger partial charge on any atom is 0.159 e. The van der Waals surface area contributed by atoms with Crippen molar-refractivity contribution in [1.82, 2.24) is 15.0 Å². The minimum Gasteiger partial charge on any atom is -0.253 e. The Kier molecular flexibility index (Phi) is 2.29. The molecule has 0 bridgehead atoms. The van der Waals surface area contributed by atoms with Crippen LogP contribution < -0.4 is 0 Å². The topological polar surface area (TPSA) is 38.7 Å². The molecule has 3 nitrogen and oxygen atoms in total. The summed E-state index contributed by atoms with van der Waals surface area (Å²) in [5, 5.41) is 1.13. The van der Waals surface area contributed by atoms with Crippen LogP contribution in [0.25, 0.3) is 22.3 Å². The number of nitrogens with zero attached hydrogens (tertiary/aromatic N) is 3. The summed E-state index contributed by atoms with van der Waals surface area (Å²) >= 11 is 0. The summed E-state index contributed by atoms with van der Waals surface area (Å²) in [6.07, 6.45) is 3.49. The van der Waals surface area contributed by atoms with Gasteiger partial charge in [-0.3, -0.25) is 4.98 Å². The lowest BCUT2D eigenvalue weighted by Crippen LogP contribution is -1.88. The van der Waals surface area contributed by atoms with Crippen LogP contribution >= 0.6 is 0 Å². The van der Waals surface area contributed by atoms with E-state index in [1.54, 1.807) is 12.4 Å². The first-order valence-corrected chi connectivity index (χ1v) is 5.48. The van der Waals surface area contributed by atoms with Gasteiger partial charge < -0.3 is 0 Å². The number of fused-ring (bicyclic) bond motifs is 1. The van der Waals surface area contributed by atoms with E-state index >= 15 is 0 Å². The largest absolute Gasteiger partial charge is 0.253 e. The van der Waals surface area contributed by atoms with Crippen molar-refractivity contribution in [2.45, 2.75) is 6.92 Å². The van der Waals surface area contributed by atoms with E-state index < -0.39 is 0 Å². The number of pyridine rings is 1. The van der Waals surface area contributed by atoms with Gasteiger partial charge in [0.05, 0.1) is 5.52 Å². The number of hydrogen-bond acceptors (Lipinski definition) is 3. The Hall–Kier alpha value is -2.29. The van der Waals surface area contributed by atoms with Gasteiger partial charge in [-0.05, 0) is 25.1 Å². The zero-order valence-electron chi connectivity index (χ0n) is 9.46. The third-order valence-electron chi connectivity index (χ3n) is 2.66. The molecule has 0 aliphatic rings. The molecule has 0 atom stereocenters. The molecular weight excluding hydrogens is 210 g/mol. The molecule has 2 heterocycles. The van der Waals surface area contributed by atoms with Gasteiger partial charge in [0, 0.05) is 29.0 Å². The Bertz CT molecular complexity index is 663. The van der Waals surface area contributed by atoms with Crippen LogP contribution in [-0.4, -0.2) is 15.0 Å². The van der Waals surface area contributed by atoms with E-state index in [1.165, 1.54) is 0 Å². The number of rotatable bonds is 1. The first-order valence-electron chi connectivity index (χ1n) is 5.48. The van der Waals surface area contributed by atoms with Crippen molar-refractivity contribution in [2.24, 2.45) is 0 Å². The van der Waals surface area contributed by atoms with Crippen molar-refractivity contribution < 1.29 is 0 Å². The maximum absolute atomic E-state index is 4.51. The Balaban J connectivity index is 2.19. The highest BCUT2D eigenvalue weighted by atomic mass is 14.8. The van der Waals surface area contributed by atoms with E-state index in [-0.39, 0.29) is 0 Å². The summed E-state index contributed by atoms with van der Waals surface area (Å²) in [7, 11) is 0. The standard InChI is InChI=1S/C14H11N3/c1-10-3-4-11-5-6-12(9-13(11)17-10)14-15-7-2-8-16-14/h2-9H,1H3. The summed E-state index contributed by atoms with van der Waals surface area (Å²) in [6, 6.07) is 12.0. The molecule has 0 saturated heterocycles. The highest BCUT2D eigenvalue weighted by Gasteiger charge is 2.02. The highest BCUT2D eigenvalue weighted by molar-refractivity contribution is 5.83. The fourth-order valence-corrected chi connectivity index (χ4v) is 1.81. The second-order valence-electron chi connectivity index (χ2n) is 3.93. The molecule has 0 aliphatic heterocycles. The molecule has 0 amide bonds. The summed E-state index contributed by atoms with van der Waals surface area (Å²) in [5.41, 5.74) is 3.00. The van der Waals surface area contributed by atoms with Gasteiger partial charge in [0.15, 0.2) is 5.82 Å². The van der Waals surface area contributed by atoms with Gasteiger partial charge in [-0.1, -0.05) is 18.2 Å². The second kappa shape index (κ2) is 3.94. The third kappa shape index (κ3) is 1.87. The van der Waals surface area contributed by atoms with Crippen molar-refractivity contribution in [1.29, 1.82) is 0 Å². The van der Waals surface area contributed by atoms with Crippen LogP contribution in [0.3, 0.4) is 0 Å². The van der Waals surface area contributed by atoms with Crippen molar-refractivity contribution >= 4 is 10.9 Å². The zero-order chi connectivity index (χ0) is 11.7. The predicted octanol–water partition coefficient (Wildman–Crippen LogP) is 3.00. The summed E-state index contributed by atoms with van der Waals surface area (Å²) in [5.74, 6) is 0.734. The van der Waals surface area contributed by atoms with E-state index in [1.807, 2.05) is 37.3 Å². The fraction of sp³-hybridized carbons (Fsp3) is 0.0714. The number of hydrogen-bond donors (Lipinski definition) is 0. The van der Waals surface area contributed by atoms with Gasteiger partial charge in [-0.2, -0.15) is 0 Å². The first kappa shape index (κ1) is 9.90. The average molecular weight is 221 g/mol. The number of aryl methyl sites for hydroxylation is 1. The molecule has 3 aromatic rings. The van der Waals surface area contributed by atoms with Crippen LogP contribution in [0.5, 0.6) is 0 Å². The first-order chi connectivity index (χ1) is 8.33. The number of benzene rings is 1. The molecule has 2 aromatic heterocycles. The molecule has 0 spiro atoms. The molecule has 0 fully saturated rings. The molecule has 17 heavy (non-hydrogen) atoms. The predicted molar refractivity (Wildman–Crippen MR) is 67.5 cm³/mol. The third-order valence-corrected chi connectivity index (χ3v) is 2.66. The molecule has 3 rings (SSSR count). The molecule has 0 aliphatic carbocycles. The van der Waals surface area contributed by atoms with Crippen LogP contribution in [0.15, 0.2) is 48.8 Å². The summed E-state index contributed by atoms with van der Waals surface area (Å²) in [4.78, 5) is 13.0. The van der Waals surface area contributed by atoms with E-state index in [0.717, 1.165) is 28.0 Å². The molecule has 0 radical (unpaired) electrons. The minimum atomic E-state index is 0.734. The Labute approximate surface area is 99.2 Å². The summed E-state index contributed by atoms with van der Waals surface area (Å²) < 4.78 is 0. The SMILES string of the molecule is Cc1ccc2ccc(-c3ncccn3)cc2n1. The van der Waals surface area contributed by atoms with Crippen LogP contribution in [0.4, 0.5) is 0 Å². The lowest BCUT2D eigenvalue weighted by molar-refractivity contribution is 1.17. The number of aromatic nitrogens is 3. The van der Waals surface area contributed by atoms with Crippen LogP contribution in [0.2, 0.25) is 0 Å². The fourth-order valence-electron chi connectivity index (χ4n) is 1.81. The van der Waals surface area contributed by atoms with Crippen molar-refractivity contribution in [3.05, 3.63) is 54.5 Å². The smallest absolute Gasteiger partial charge is 0.159 e. The molecule has 1 aromatic carbocycles. The molecule has 3 heteroatoms. The second-order valence-corrected chi connectivity index (χ2v) is 3.93. The Morgan fingerprint density at radius 2 is 1.71 bits per heavy atom. The van der Waals surface area contributed by atoms with Crippen molar-refractivity contribution in [2.75, 3.05) is 0 Å². The summed E-state index contributed by atoms with van der Waals surface area (Å²) in [6.45, 7) is 1.99. The normalized spacial score (nSPS) is 10.6. The average Bonchev–Trinajstić information content (AvgIpc) is 2.39. The highest BCUT2D eigenvalue weighted by Crippen LogP contribution is 2.20. The van der Waals surface area contributed by atoms with Gasteiger partial charge in [0.1, 0.15) is 0 Å². The van der Waals surface area contributed by atoms with E-state index in [4.69, 9.17) is 0 Å². The Morgan fingerprint density at radius 3 is 2.53 bits per heavy atom. The lowest BCUT2D eigenvalue weighted by Gasteiger charge is -2.02. The van der Waals surface area contributed by atoms with Crippen LogP contribution in [0.1, 0.15) is 5.69 Å². The quantitative estimate of drug-likeness (QED) is 0.634. The van der Waals surface area contributed by atoms with Gasteiger partial charge in [-0.25, -0.2) is 9.97 Å². The minimum absolute atomic E-state index is 0.734. The van der Waals surface area contributed by atoms with Crippen molar-refractivity contribution in [3.63, 3.8) is 0 Å². The van der Waals surface area contributed by atoms with Gasteiger partial charge in [0.2, 0.25) is 0 Å². The maximum atomic E-state index is 4.51. The van der Waals surface area contributed by atoms with Gasteiger partial charge in [0.25, 0.3) is 0 Å². The van der Waals surface area contributed by atoms with Crippen molar-refractivity contribution in [3.8, 4) is 11.4 Å². The monoisotopic (exact) mass is 221 g/mol. The lowest BCUT2D eigenvalue weighted by atomic mass is 10.1. The molecule has 0 N–H and O–H groups in total. The van der Waals surface area contributed by atoms with Gasteiger partial charge >= 0.3 is 0 Å².